The lowest BCUT2D eigenvalue weighted by Gasteiger charge is -2.04. The molecule has 0 unspecified atom stereocenters. The molecule has 140 valence electrons. The minimum absolute atomic E-state index is 0.162. The van der Waals surface area contributed by atoms with E-state index in [1.165, 1.54) is 23.1 Å². The van der Waals surface area contributed by atoms with Crippen LogP contribution in [0.1, 0.15) is 11.1 Å². The minimum atomic E-state index is -0.162. The Morgan fingerprint density at radius 1 is 1.19 bits per heavy atom. The molecule has 9 heteroatoms. The van der Waals surface area contributed by atoms with E-state index in [1.54, 1.807) is 25.3 Å². The maximum Gasteiger partial charge on any atom is 0.230 e. The van der Waals surface area contributed by atoms with Crippen LogP contribution < -0.4 is 10.1 Å². The van der Waals surface area contributed by atoms with Crippen molar-refractivity contribution in [2.75, 3.05) is 12.4 Å². The molecule has 0 aliphatic carbocycles. The monoisotopic (exact) mass is 439 g/mol. The average Bonchev–Trinajstić information content (AvgIpc) is 3.08. The van der Waals surface area contributed by atoms with Crippen molar-refractivity contribution >= 4 is 57.3 Å². The Morgan fingerprint density at radius 3 is 2.67 bits per heavy atom. The van der Waals surface area contributed by atoms with Crippen LogP contribution >= 0.6 is 46.3 Å². The van der Waals surface area contributed by atoms with Gasteiger partial charge >= 0.3 is 0 Å². The van der Waals surface area contributed by atoms with Crippen LogP contribution in [0.2, 0.25) is 10.0 Å². The van der Waals surface area contributed by atoms with Crippen LogP contribution in [0.4, 0.5) is 5.13 Å². The van der Waals surface area contributed by atoms with Gasteiger partial charge in [-0.15, -0.1) is 10.2 Å². The Morgan fingerprint density at radius 2 is 1.93 bits per heavy atom. The Hall–Kier alpha value is -1.80. The number of anilines is 1. The molecule has 27 heavy (non-hydrogen) atoms. The number of benzene rings is 2. The second kappa shape index (κ2) is 9.41. The van der Waals surface area contributed by atoms with E-state index in [-0.39, 0.29) is 12.3 Å². The molecule has 0 aliphatic rings. The summed E-state index contributed by atoms with van der Waals surface area (Å²) in [4.78, 5) is 12.2. The number of methoxy groups -OCH3 is 1. The van der Waals surface area contributed by atoms with Gasteiger partial charge in [-0.2, -0.15) is 0 Å². The number of amides is 1. The second-order valence-corrected chi connectivity index (χ2v) is 8.45. The van der Waals surface area contributed by atoms with Crippen molar-refractivity contribution in [2.24, 2.45) is 0 Å². The standard InChI is InChI=1S/C18H15Cl2N3O2S2/c1-25-12-5-2-4-11(8-12)9-16(24)21-17-22-23-18(27-17)26-10-13-14(19)6-3-7-15(13)20/h2-8H,9-10H2,1H3,(H,21,22,24). The number of ether oxygens (including phenoxy) is 1. The summed E-state index contributed by atoms with van der Waals surface area (Å²) >= 11 is 15.1. The van der Waals surface area contributed by atoms with Crippen LogP contribution in [0, 0.1) is 0 Å². The van der Waals surface area contributed by atoms with E-state index < -0.39 is 0 Å². The number of carbonyl (C=O) groups is 1. The number of halogens is 2. The molecule has 2 aromatic carbocycles. The van der Waals surface area contributed by atoms with E-state index in [1.807, 2.05) is 24.3 Å². The Bertz CT molecular complexity index is 930. The molecule has 5 nitrogen and oxygen atoms in total. The third kappa shape index (κ3) is 5.59. The number of hydrogen-bond acceptors (Lipinski definition) is 6. The number of thioether (sulfide) groups is 1. The van der Waals surface area contributed by atoms with Gasteiger partial charge in [0.1, 0.15) is 5.75 Å². The zero-order valence-corrected chi connectivity index (χ0v) is 17.4. The van der Waals surface area contributed by atoms with Crippen molar-refractivity contribution in [2.45, 2.75) is 16.5 Å². The van der Waals surface area contributed by atoms with Crippen LogP contribution in [-0.4, -0.2) is 23.2 Å². The molecule has 3 rings (SSSR count). The molecule has 1 aromatic heterocycles. The van der Waals surface area contributed by atoms with Gasteiger partial charge in [0.25, 0.3) is 0 Å². The van der Waals surface area contributed by atoms with Gasteiger partial charge in [0, 0.05) is 15.8 Å². The van der Waals surface area contributed by atoms with Crippen molar-refractivity contribution in [3.05, 3.63) is 63.6 Å². The summed E-state index contributed by atoms with van der Waals surface area (Å²) in [5, 5.41) is 12.6. The normalized spacial score (nSPS) is 10.6. The van der Waals surface area contributed by atoms with Crippen LogP contribution in [0.25, 0.3) is 0 Å². The fourth-order valence-electron chi connectivity index (χ4n) is 2.25. The highest BCUT2D eigenvalue weighted by Crippen LogP contribution is 2.33. The first kappa shape index (κ1) is 19.9. The molecule has 0 radical (unpaired) electrons. The molecule has 0 saturated carbocycles. The maximum absolute atomic E-state index is 12.2. The molecule has 0 atom stereocenters. The molecular formula is C18H15Cl2N3O2S2. The Balaban J connectivity index is 1.56. The van der Waals surface area contributed by atoms with E-state index in [4.69, 9.17) is 27.9 Å². The lowest BCUT2D eigenvalue weighted by Crippen LogP contribution is -2.14. The van der Waals surface area contributed by atoms with Crippen molar-refractivity contribution in [3.63, 3.8) is 0 Å². The van der Waals surface area contributed by atoms with E-state index in [0.717, 1.165) is 15.5 Å². The first-order valence-corrected chi connectivity index (χ1v) is 10.4. The number of nitrogens with one attached hydrogen (secondary N) is 1. The number of aromatic nitrogens is 2. The van der Waals surface area contributed by atoms with E-state index in [0.29, 0.717) is 26.7 Å². The summed E-state index contributed by atoms with van der Waals surface area (Å²) in [6.07, 6.45) is 0.231. The quantitative estimate of drug-likeness (QED) is 0.398. The van der Waals surface area contributed by atoms with Crippen LogP contribution in [0.15, 0.2) is 46.8 Å². The first-order chi connectivity index (χ1) is 13.0. The second-order valence-electron chi connectivity index (χ2n) is 5.44. The fourth-order valence-corrected chi connectivity index (χ4v) is 4.76. The summed E-state index contributed by atoms with van der Waals surface area (Å²) < 4.78 is 5.89. The third-order valence-electron chi connectivity index (χ3n) is 3.55. The van der Waals surface area contributed by atoms with Gasteiger partial charge < -0.3 is 10.1 Å². The predicted molar refractivity (Wildman–Crippen MR) is 111 cm³/mol. The van der Waals surface area contributed by atoms with Gasteiger partial charge in [-0.05, 0) is 35.4 Å². The molecule has 1 heterocycles. The van der Waals surface area contributed by atoms with Crippen LogP contribution in [-0.2, 0) is 17.0 Å². The number of hydrogen-bond donors (Lipinski definition) is 1. The smallest absolute Gasteiger partial charge is 0.230 e. The summed E-state index contributed by atoms with van der Waals surface area (Å²) in [7, 11) is 1.59. The highest BCUT2D eigenvalue weighted by atomic mass is 35.5. The Kier molecular flexibility index (Phi) is 6.95. The fraction of sp³-hybridized carbons (Fsp3) is 0.167. The Labute approximate surface area is 175 Å². The third-order valence-corrected chi connectivity index (χ3v) is 6.26. The van der Waals surface area contributed by atoms with E-state index >= 15 is 0 Å². The minimum Gasteiger partial charge on any atom is -0.497 e. The highest BCUT2D eigenvalue weighted by molar-refractivity contribution is 8.00. The van der Waals surface area contributed by atoms with Gasteiger partial charge in [0.15, 0.2) is 4.34 Å². The molecule has 0 saturated heterocycles. The predicted octanol–water partition coefficient (Wildman–Crippen LogP) is 5.33. The number of rotatable bonds is 7. The zero-order valence-electron chi connectivity index (χ0n) is 14.2. The lowest BCUT2D eigenvalue weighted by molar-refractivity contribution is -0.115. The molecule has 1 amide bonds. The van der Waals surface area contributed by atoms with Gasteiger partial charge in [-0.1, -0.05) is 64.5 Å². The summed E-state index contributed by atoms with van der Waals surface area (Å²) in [6.45, 7) is 0. The lowest BCUT2D eigenvalue weighted by atomic mass is 10.1. The van der Waals surface area contributed by atoms with Gasteiger partial charge in [0.05, 0.1) is 13.5 Å². The molecular weight excluding hydrogens is 425 g/mol. The first-order valence-electron chi connectivity index (χ1n) is 7.87. The zero-order chi connectivity index (χ0) is 19.2. The average molecular weight is 440 g/mol. The van der Waals surface area contributed by atoms with Crippen molar-refractivity contribution in [1.82, 2.24) is 10.2 Å². The SMILES string of the molecule is COc1cccc(CC(=O)Nc2nnc(SCc3c(Cl)cccc3Cl)s2)c1. The summed E-state index contributed by atoms with van der Waals surface area (Å²) in [5.41, 5.74) is 1.71. The number of carbonyl (C=O) groups excluding carboxylic acids is 1. The largest absolute Gasteiger partial charge is 0.497 e. The van der Waals surface area contributed by atoms with Crippen molar-refractivity contribution in [1.29, 1.82) is 0 Å². The van der Waals surface area contributed by atoms with Crippen LogP contribution in [0.3, 0.4) is 0 Å². The highest BCUT2D eigenvalue weighted by Gasteiger charge is 2.12. The topological polar surface area (TPSA) is 64.1 Å². The van der Waals surface area contributed by atoms with E-state index in [9.17, 15) is 4.79 Å². The summed E-state index contributed by atoms with van der Waals surface area (Å²) in [6, 6.07) is 12.8. The van der Waals surface area contributed by atoms with Gasteiger partial charge in [-0.25, -0.2) is 0 Å². The van der Waals surface area contributed by atoms with Gasteiger partial charge in [-0.3, -0.25) is 4.79 Å². The molecule has 3 aromatic rings. The molecule has 0 fully saturated rings. The number of nitrogens with zero attached hydrogens (tertiary/aromatic N) is 2. The molecule has 0 aliphatic heterocycles. The molecule has 0 bridgehead atoms. The van der Waals surface area contributed by atoms with Crippen molar-refractivity contribution < 1.29 is 9.53 Å². The van der Waals surface area contributed by atoms with Crippen molar-refractivity contribution in [3.8, 4) is 5.75 Å². The van der Waals surface area contributed by atoms with Crippen LogP contribution in [0.5, 0.6) is 5.75 Å². The van der Waals surface area contributed by atoms with Gasteiger partial charge in [0.2, 0.25) is 11.0 Å². The van der Waals surface area contributed by atoms with E-state index in [2.05, 4.69) is 15.5 Å². The molecule has 1 N–H and O–H groups in total. The summed E-state index contributed by atoms with van der Waals surface area (Å²) in [5.74, 6) is 1.13. The maximum atomic E-state index is 12.2. The molecule has 0 spiro atoms.